The lowest BCUT2D eigenvalue weighted by molar-refractivity contribution is -0.129. The highest BCUT2D eigenvalue weighted by molar-refractivity contribution is 5.97. The summed E-state index contributed by atoms with van der Waals surface area (Å²) < 4.78 is 37.7. The van der Waals surface area contributed by atoms with Gasteiger partial charge in [0.1, 0.15) is 12.4 Å². The third-order valence-electron chi connectivity index (χ3n) is 5.06. The van der Waals surface area contributed by atoms with Gasteiger partial charge in [0, 0.05) is 50.7 Å². The third kappa shape index (κ3) is 5.77. The second-order valence-electron chi connectivity index (χ2n) is 7.41. The SMILES string of the molecule is CC(=O)N1CCN(c2ccc(Nc3ncc(C(N)=O)c(NCC(F)(F)F)n3)c(C)c2)CC1. The van der Waals surface area contributed by atoms with Crippen LogP contribution in [0.25, 0.3) is 0 Å². The largest absolute Gasteiger partial charge is 0.405 e. The first-order valence-corrected chi connectivity index (χ1v) is 9.89. The molecule has 0 radical (unpaired) electrons. The molecule has 1 aromatic heterocycles. The number of benzene rings is 1. The number of nitrogens with one attached hydrogen (secondary N) is 2. The number of hydrogen-bond donors (Lipinski definition) is 3. The highest BCUT2D eigenvalue weighted by Gasteiger charge is 2.28. The third-order valence-corrected chi connectivity index (χ3v) is 5.06. The van der Waals surface area contributed by atoms with E-state index in [2.05, 4.69) is 25.5 Å². The van der Waals surface area contributed by atoms with Crippen LogP contribution < -0.4 is 21.3 Å². The Kier molecular flexibility index (Phi) is 6.70. The summed E-state index contributed by atoms with van der Waals surface area (Å²) in [7, 11) is 0. The maximum absolute atomic E-state index is 12.6. The van der Waals surface area contributed by atoms with Gasteiger partial charge in [0.15, 0.2) is 0 Å². The number of aryl methyl sites for hydroxylation is 1. The Morgan fingerprint density at radius 3 is 2.44 bits per heavy atom. The van der Waals surface area contributed by atoms with Crippen molar-refractivity contribution >= 4 is 35.0 Å². The summed E-state index contributed by atoms with van der Waals surface area (Å²) in [5.74, 6) is -1.16. The van der Waals surface area contributed by atoms with Crippen molar-refractivity contribution in [3.8, 4) is 0 Å². The van der Waals surface area contributed by atoms with Gasteiger partial charge in [0.25, 0.3) is 5.91 Å². The van der Waals surface area contributed by atoms with Gasteiger partial charge < -0.3 is 26.2 Å². The molecule has 0 unspecified atom stereocenters. The number of aromatic nitrogens is 2. The minimum Gasteiger partial charge on any atom is -0.368 e. The van der Waals surface area contributed by atoms with E-state index in [0.717, 1.165) is 30.5 Å². The lowest BCUT2D eigenvalue weighted by Gasteiger charge is -2.35. The number of carbonyl (C=O) groups is 2. The van der Waals surface area contributed by atoms with E-state index in [4.69, 9.17) is 5.73 Å². The molecular weight excluding hydrogens is 427 g/mol. The van der Waals surface area contributed by atoms with Gasteiger partial charge in [-0.1, -0.05) is 0 Å². The van der Waals surface area contributed by atoms with Crippen LogP contribution in [0.3, 0.4) is 0 Å². The molecule has 0 bridgehead atoms. The first-order valence-electron chi connectivity index (χ1n) is 9.89. The molecule has 9 nitrogen and oxygen atoms in total. The molecule has 12 heteroatoms. The van der Waals surface area contributed by atoms with E-state index >= 15 is 0 Å². The number of primary amides is 1. The van der Waals surface area contributed by atoms with Crippen LogP contribution >= 0.6 is 0 Å². The minimum atomic E-state index is -4.49. The van der Waals surface area contributed by atoms with Gasteiger partial charge in [-0.25, -0.2) is 4.98 Å². The molecule has 0 aliphatic carbocycles. The Bertz CT molecular complexity index is 1010. The van der Waals surface area contributed by atoms with E-state index in [0.29, 0.717) is 18.8 Å². The van der Waals surface area contributed by atoms with Crippen LogP contribution in [0.15, 0.2) is 24.4 Å². The first-order chi connectivity index (χ1) is 15.0. The van der Waals surface area contributed by atoms with Crippen molar-refractivity contribution < 1.29 is 22.8 Å². The van der Waals surface area contributed by atoms with Gasteiger partial charge in [-0.05, 0) is 30.7 Å². The Balaban J connectivity index is 1.74. The monoisotopic (exact) mass is 451 g/mol. The highest BCUT2D eigenvalue weighted by Crippen LogP contribution is 2.26. The van der Waals surface area contributed by atoms with Gasteiger partial charge >= 0.3 is 6.18 Å². The van der Waals surface area contributed by atoms with Gasteiger partial charge in [0.2, 0.25) is 11.9 Å². The van der Waals surface area contributed by atoms with Gasteiger partial charge in [-0.15, -0.1) is 0 Å². The van der Waals surface area contributed by atoms with Crippen LogP contribution in [0.2, 0.25) is 0 Å². The van der Waals surface area contributed by atoms with E-state index in [-0.39, 0.29) is 23.2 Å². The van der Waals surface area contributed by atoms with Crippen LogP contribution in [0.4, 0.5) is 36.3 Å². The number of carbonyl (C=O) groups excluding carboxylic acids is 2. The second kappa shape index (κ2) is 9.28. The summed E-state index contributed by atoms with van der Waals surface area (Å²) in [5.41, 5.74) is 7.48. The topological polar surface area (TPSA) is 116 Å². The van der Waals surface area contributed by atoms with Gasteiger partial charge in [-0.3, -0.25) is 9.59 Å². The zero-order chi connectivity index (χ0) is 23.5. The number of hydrogen-bond acceptors (Lipinski definition) is 7. The Morgan fingerprint density at radius 1 is 1.19 bits per heavy atom. The predicted molar refractivity (Wildman–Crippen MR) is 114 cm³/mol. The van der Waals surface area contributed by atoms with E-state index in [1.165, 1.54) is 0 Å². The molecule has 0 atom stereocenters. The van der Waals surface area contributed by atoms with Crippen molar-refractivity contribution in [2.24, 2.45) is 5.73 Å². The maximum Gasteiger partial charge on any atom is 0.405 e. The summed E-state index contributed by atoms with van der Waals surface area (Å²) in [6.07, 6.45) is -3.41. The van der Waals surface area contributed by atoms with E-state index in [9.17, 15) is 22.8 Å². The predicted octanol–water partition coefficient (Wildman–Crippen LogP) is 2.27. The van der Waals surface area contributed by atoms with Crippen molar-refractivity contribution in [1.82, 2.24) is 14.9 Å². The van der Waals surface area contributed by atoms with Gasteiger partial charge in [0.05, 0.1) is 5.56 Å². The highest BCUT2D eigenvalue weighted by atomic mass is 19.4. The summed E-state index contributed by atoms with van der Waals surface area (Å²) in [6, 6.07) is 5.68. The smallest absolute Gasteiger partial charge is 0.368 e. The number of alkyl halides is 3. The summed E-state index contributed by atoms with van der Waals surface area (Å²) in [4.78, 5) is 34.9. The molecule has 2 heterocycles. The van der Waals surface area contributed by atoms with Gasteiger partial charge in [-0.2, -0.15) is 18.2 Å². The summed E-state index contributed by atoms with van der Waals surface area (Å²) in [5, 5.41) is 5.05. The fourth-order valence-electron chi connectivity index (χ4n) is 3.33. The molecule has 2 aromatic rings. The van der Waals surface area contributed by atoms with E-state index < -0.39 is 18.6 Å². The zero-order valence-corrected chi connectivity index (χ0v) is 17.7. The fraction of sp³-hybridized carbons (Fsp3) is 0.400. The van der Waals surface area contributed by atoms with Crippen molar-refractivity contribution in [3.05, 3.63) is 35.5 Å². The lowest BCUT2D eigenvalue weighted by Crippen LogP contribution is -2.48. The molecule has 1 aromatic carbocycles. The summed E-state index contributed by atoms with van der Waals surface area (Å²) in [6.45, 7) is 4.81. The molecule has 1 aliphatic heterocycles. The Hall–Kier alpha value is -3.57. The summed E-state index contributed by atoms with van der Waals surface area (Å²) >= 11 is 0. The van der Waals surface area contributed by atoms with Crippen LogP contribution in [-0.2, 0) is 4.79 Å². The molecule has 172 valence electrons. The number of amides is 2. The number of nitrogens with zero attached hydrogens (tertiary/aromatic N) is 4. The van der Waals surface area contributed by atoms with Crippen molar-refractivity contribution in [2.75, 3.05) is 48.3 Å². The number of piperazine rings is 1. The minimum absolute atomic E-state index is 0.0191. The Morgan fingerprint density at radius 2 is 1.88 bits per heavy atom. The van der Waals surface area contributed by atoms with Crippen molar-refractivity contribution in [1.29, 1.82) is 0 Å². The average molecular weight is 451 g/mol. The lowest BCUT2D eigenvalue weighted by atomic mass is 10.1. The average Bonchev–Trinajstić information content (AvgIpc) is 2.73. The molecule has 0 spiro atoms. The molecule has 0 saturated carbocycles. The maximum atomic E-state index is 12.6. The first kappa shape index (κ1) is 23.1. The Labute approximate surface area is 182 Å². The van der Waals surface area contributed by atoms with Crippen molar-refractivity contribution in [2.45, 2.75) is 20.0 Å². The van der Waals surface area contributed by atoms with E-state index in [1.807, 2.05) is 25.1 Å². The molecule has 1 fully saturated rings. The molecule has 2 amide bonds. The normalized spacial score (nSPS) is 14.3. The van der Waals surface area contributed by atoms with Crippen LogP contribution in [0, 0.1) is 6.92 Å². The standard InChI is InChI=1S/C20H24F3N7O2/c1-12-9-14(30-7-5-29(6-8-30)13(2)31)3-4-16(12)27-19-25-10-15(17(24)32)18(28-19)26-11-20(21,22)23/h3-4,9-10H,5-8,11H2,1-2H3,(H2,24,32)(H2,25,26,27,28). The number of nitrogens with two attached hydrogens (primary N) is 1. The molecule has 1 saturated heterocycles. The quantitative estimate of drug-likeness (QED) is 0.617. The van der Waals surface area contributed by atoms with E-state index in [1.54, 1.807) is 11.8 Å². The molecule has 4 N–H and O–H groups in total. The fourth-order valence-corrected chi connectivity index (χ4v) is 3.33. The van der Waals surface area contributed by atoms with Crippen LogP contribution in [0.5, 0.6) is 0 Å². The number of rotatable bonds is 6. The van der Waals surface area contributed by atoms with Crippen molar-refractivity contribution in [3.63, 3.8) is 0 Å². The second-order valence-corrected chi connectivity index (χ2v) is 7.41. The number of anilines is 4. The van der Waals surface area contributed by atoms with Crippen LogP contribution in [-0.4, -0.2) is 65.6 Å². The number of halogens is 3. The zero-order valence-electron chi connectivity index (χ0n) is 17.7. The van der Waals surface area contributed by atoms with Crippen LogP contribution in [0.1, 0.15) is 22.8 Å². The molecule has 3 rings (SSSR count). The molecule has 1 aliphatic rings. The molecule has 32 heavy (non-hydrogen) atoms. The molecular formula is C20H24F3N7O2.